The number of nitriles is 1. The third-order valence-electron chi connectivity index (χ3n) is 6.78. The Labute approximate surface area is 202 Å². The molecule has 2 aliphatic heterocycles. The zero-order chi connectivity index (χ0) is 24.4. The molecule has 0 aliphatic carbocycles. The van der Waals surface area contributed by atoms with Gasteiger partial charge in [0.1, 0.15) is 5.39 Å². The Morgan fingerprint density at radius 3 is 2.80 bits per heavy atom. The van der Waals surface area contributed by atoms with Crippen molar-refractivity contribution in [1.82, 2.24) is 19.7 Å². The van der Waals surface area contributed by atoms with E-state index in [9.17, 15) is 14.9 Å². The first-order chi connectivity index (χ1) is 17.0. The van der Waals surface area contributed by atoms with Gasteiger partial charge >= 0.3 is 0 Å². The predicted octanol–water partition coefficient (Wildman–Crippen LogP) is 2.67. The SMILES string of the molecule is Cc1cc(Nc2nn(C3(CC#N)CCCOC3)c3cc[nH]c(=O)c23)ccc1C(=O)N1CCOCC1. The van der Waals surface area contributed by atoms with E-state index in [1.54, 1.807) is 27.9 Å². The number of carbonyl (C=O) groups excluding carboxylic acids is 1. The number of morpholine rings is 1. The van der Waals surface area contributed by atoms with Crippen LogP contribution < -0.4 is 10.9 Å². The number of amides is 1. The number of aryl methyl sites for hydroxylation is 1. The van der Waals surface area contributed by atoms with Crippen LogP contribution in [0.5, 0.6) is 0 Å². The molecule has 2 saturated heterocycles. The molecule has 0 spiro atoms. The van der Waals surface area contributed by atoms with E-state index in [0.29, 0.717) is 67.5 Å². The summed E-state index contributed by atoms with van der Waals surface area (Å²) in [6.07, 6.45) is 3.37. The van der Waals surface area contributed by atoms with E-state index in [2.05, 4.69) is 16.4 Å². The lowest BCUT2D eigenvalue weighted by atomic mass is 9.89. The second-order valence-electron chi connectivity index (χ2n) is 9.10. The summed E-state index contributed by atoms with van der Waals surface area (Å²) in [5.74, 6) is 0.385. The van der Waals surface area contributed by atoms with Crippen molar-refractivity contribution >= 4 is 28.3 Å². The molecule has 35 heavy (non-hydrogen) atoms. The number of hydrogen-bond acceptors (Lipinski definition) is 7. The van der Waals surface area contributed by atoms with Gasteiger partial charge in [0.05, 0.1) is 43.4 Å². The van der Waals surface area contributed by atoms with Crippen LogP contribution in [0.15, 0.2) is 35.3 Å². The van der Waals surface area contributed by atoms with Gasteiger partial charge in [-0.3, -0.25) is 14.3 Å². The number of benzene rings is 1. The van der Waals surface area contributed by atoms with Gasteiger partial charge in [-0.05, 0) is 49.6 Å². The first-order valence-electron chi connectivity index (χ1n) is 11.8. The molecule has 10 heteroatoms. The van der Waals surface area contributed by atoms with Crippen molar-refractivity contribution in [2.75, 3.05) is 44.8 Å². The van der Waals surface area contributed by atoms with Gasteiger partial charge in [-0.25, -0.2) is 0 Å². The molecule has 182 valence electrons. The fourth-order valence-electron chi connectivity index (χ4n) is 4.95. The van der Waals surface area contributed by atoms with Crippen molar-refractivity contribution in [3.63, 3.8) is 0 Å². The van der Waals surface area contributed by atoms with E-state index in [4.69, 9.17) is 14.6 Å². The first kappa shape index (κ1) is 23.1. The molecule has 1 unspecified atom stereocenters. The van der Waals surface area contributed by atoms with Crippen molar-refractivity contribution in [3.05, 3.63) is 51.9 Å². The molecular formula is C25H28N6O4. The minimum absolute atomic E-state index is 0.0146. The smallest absolute Gasteiger partial charge is 0.261 e. The number of H-pyrrole nitrogens is 1. The average Bonchev–Trinajstić information content (AvgIpc) is 3.25. The van der Waals surface area contributed by atoms with Crippen molar-refractivity contribution in [1.29, 1.82) is 5.26 Å². The van der Waals surface area contributed by atoms with E-state index in [0.717, 1.165) is 18.4 Å². The van der Waals surface area contributed by atoms with Crippen molar-refractivity contribution in [2.45, 2.75) is 31.7 Å². The number of aromatic amines is 1. The highest BCUT2D eigenvalue weighted by Crippen LogP contribution is 2.35. The molecule has 4 heterocycles. The topological polar surface area (TPSA) is 125 Å². The Morgan fingerprint density at radius 2 is 2.09 bits per heavy atom. The highest BCUT2D eigenvalue weighted by molar-refractivity contribution is 5.96. The molecule has 2 fully saturated rings. The van der Waals surface area contributed by atoms with Crippen LogP contribution in [0.25, 0.3) is 10.9 Å². The molecule has 2 N–H and O–H groups in total. The molecule has 1 atom stereocenters. The Kier molecular flexibility index (Phi) is 6.28. The number of rotatable bonds is 5. The molecule has 0 radical (unpaired) electrons. The van der Waals surface area contributed by atoms with Crippen molar-refractivity contribution in [3.8, 4) is 6.07 Å². The first-order valence-corrected chi connectivity index (χ1v) is 11.8. The van der Waals surface area contributed by atoms with E-state index in [1.807, 2.05) is 19.1 Å². The number of fused-ring (bicyclic) bond motifs is 1. The fraction of sp³-hybridized carbons (Fsp3) is 0.440. The number of hydrogen-bond donors (Lipinski definition) is 2. The highest BCUT2D eigenvalue weighted by atomic mass is 16.5. The van der Waals surface area contributed by atoms with E-state index in [-0.39, 0.29) is 17.9 Å². The van der Waals surface area contributed by atoms with Gasteiger partial charge in [0.15, 0.2) is 5.82 Å². The van der Waals surface area contributed by atoms with Gasteiger partial charge in [0.25, 0.3) is 11.5 Å². The minimum Gasteiger partial charge on any atom is -0.379 e. The van der Waals surface area contributed by atoms with E-state index >= 15 is 0 Å². The maximum Gasteiger partial charge on any atom is 0.261 e. The van der Waals surface area contributed by atoms with Crippen LogP contribution in [0.1, 0.15) is 35.2 Å². The highest BCUT2D eigenvalue weighted by Gasteiger charge is 2.38. The van der Waals surface area contributed by atoms with Gasteiger partial charge in [-0.1, -0.05) is 0 Å². The molecule has 10 nitrogen and oxygen atoms in total. The van der Waals surface area contributed by atoms with Crippen LogP contribution in [0.3, 0.4) is 0 Å². The zero-order valence-electron chi connectivity index (χ0n) is 19.7. The summed E-state index contributed by atoms with van der Waals surface area (Å²) in [4.78, 5) is 30.3. The number of carbonyl (C=O) groups is 1. The van der Waals surface area contributed by atoms with E-state index < -0.39 is 5.54 Å². The molecule has 1 amide bonds. The number of anilines is 2. The molecule has 0 bridgehead atoms. The number of nitrogens with zero attached hydrogens (tertiary/aromatic N) is 4. The number of aromatic nitrogens is 3. The summed E-state index contributed by atoms with van der Waals surface area (Å²) in [5.41, 5.74) is 1.92. The predicted molar refractivity (Wildman–Crippen MR) is 130 cm³/mol. The van der Waals surface area contributed by atoms with Gasteiger partial charge in [-0.2, -0.15) is 10.4 Å². The van der Waals surface area contributed by atoms with E-state index in [1.165, 1.54) is 0 Å². The van der Waals surface area contributed by atoms with Crippen LogP contribution in [0.4, 0.5) is 11.5 Å². The van der Waals surface area contributed by atoms with Crippen LogP contribution in [0, 0.1) is 18.3 Å². The number of ether oxygens (including phenoxy) is 2. The maximum atomic E-state index is 12.9. The third kappa shape index (κ3) is 4.29. The molecule has 3 aromatic rings. The summed E-state index contributed by atoms with van der Waals surface area (Å²) in [5, 5.41) is 18.0. The lowest BCUT2D eigenvalue weighted by molar-refractivity contribution is -0.00174. The molecule has 5 rings (SSSR count). The largest absolute Gasteiger partial charge is 0.379 e. The lowest BCUT2D eigenvalue weighted by Gasteiger charge is -2.35. The number of pyridine rings is 1. The van der Waals surface area contributed by atoms with Crippen LogP contribution in [-0.2, 0) is 15.0 Å². The summed E-state index contributed by atoms with van der Waals surface area (Å²) in [7, 11) is 0. The van der Waals surface area contributed by atoms with Crippen LogP contribution in [0.2, 0.25) is 0 Å². The molecule has 0 saturated carbocycles. The molecule has 2 aliphatic rings. The second kappa shape index (κ2) is 9.52. The maximum absolute atomic E-state index is 12.9. The second-order valence-corrected chi connectivity index (χ2v) is 9.10. The summed E-state index contributed by atoms with van der Waals surface area (Å²) in [6.45, 7) is 5.16. The van der Waals surface area contributed by atoms with Gasteiger partial charge < -0.3 is 24.7 Å². The average molecular weight is 477 g/mol. The molecule has 2 aromatic heterocycles. The van der Waals surface area contributed by atoms with Crippen molar-refractivity contribution < 1.29 is 14.3 Å². The van der Waals surface area contributed by atoms with Crippen molar-refractivity contribution in [2.24, 2.45) is 0 Å². The molecule has 1 aromatic carbocycles. The quantitative estimate of drug-likeness (QED) is 0.580. The Bertz CT molecular complexity index is 1340. The molecular weight excluding hydrogens is 448 g/mol. The van der Waals surface area contributed by atoms with Gasteiger partial charge in [0.2, 0.25) is 0 Å². The summed E-state index contributed by atoms with van der Waals surface area (Å²) >= 11 is 0. The Hall–Kier alpha value is -3.68. The Morgan fingerprint density at radius 1 is 1.26 bits per heavy atom. The summed E-state index contributed by atoms with van der Waals surface area (Å²) < 4.78 is 12.9. The van der Waals surface area contributed by atoms with Gasteiger partial charge in [0, 0.05) is 37.1 Å². The van der Waals surface area contributed by atoms with Crippen LogP contribution >= 0.6 is 0 Å². The lowest BCUT2D eigenvalue weighted by Crippen LogP contribution is -2.42. The van der Waals surface area contributed by atoms with Crippen LogP contribution in [-0.4, -0.2) is 65.1 Å². The monoisotopic (exact) mass is 476 g/mol. The number of nitrogens with one attached hydrogen (secondary N) is 2. The van der Waals surface area contributed by atoms with Gasteiger partial charge in [-0.15, -0.1) is 0 Å². The third-order valence-corrected chi connectivity index (χ3v) is 6.78. The summed E-state index contributed by atoms with van der Waals surface area (Å²) in [6, 6.07) is 9.57. The zero-order valence-corrected chi connectivity index (χ0v) is 19.7. The Balaban J connectivity index is 1.50. The normalized spacial score (nSPS) is 20.5. The fourth-order valence-corrected chi connectivity index (χ4v) is 4.95. The minimum atomic E-state index is -0.636. The standard InChI is InChI=1S/C25H28N6O4/c1-17-15-18(3-4-19(17)24(33)30-10-13-34-14-11-30)28-22-21-20(5-9-27-23(21)32)31(29-22)25(7-8-26)6-2-12-35-16-25/h3-5,9,15H,2,6-7,10-14,16H2,1H3,(H,27,32)(H,28,29).